The van der Waals surface area contributed by atoms with Gasteiger partial charge >= 0.3 is 0 Å². The molecule has 0 aliphatic carbocycles. The Kier molecular flexibility index (Phi) is 27.7. The van der Waals surface area contributed by atoms with Gasteiger partial charge in [-0.25, -0.2) is 0 Å². The van der Waals surface area contributed by atoms with E-state index < -0.39 is 10.1 Å². The van der Waals surface area contributed by atoms with Crippen molar-refractivity contribution in [3.05, 3.63) is 252 Å². The molecule has 0 fully saturated rings. The van der Waals surface area contributed by atoms with Crippen molar-refractivity contribution in [3.63, 3.8) is 0 Å². The molecule has 0 atom stereocenters. The summed E-state index contributed by atoms with van der Waals surface area (Å²) in [4.78, 5) is 34.8. The van der Waals surface area contributed by atoms with E-state index in [9.17, 15) is 22.8 Å². The standard InChI is InChI=1S/3C17H14O.CH4O3S.2Pd/c3*18-17(13-11-15-7-3-1-4-8-15)14-12-16-9-5-2-6-10-16;1-5(2,3)4;;/h3*1-14H;1H3,(H,2,3,4);;. The molecule has 0 spiro atoms. The summed E-state index contributed by atoms with van der Waals surface area (Å²) >= 11 is 0. The molecule has 0 saturated heterocycles. The van der Waals surface area contributed by atoms with E-state index >= 15 is 0 Å². The molecule has 0 radical (unpaired) electrons. The van der Waals surface area contributed by atoms with Crippen LogP contribution in [0.15, 0.2) is 218 Å². The molecule has 61 heavy (non-hydrogen) atoms. The predicted molar refractivity (Wildman–Crippen MR) is 245 cm³/mol. The molecule has 6 aromatic rings. The minimum absolute atomic E-state index is 0. The molecular formula is C52H46O6Pd2S. The van der Waals surface area contributed by atoms with Gasteiger partial charge in [-0.3, -0.25) is 18.9 Å². The van der Waals surface area contributed by atoms with Gasteiger partial charge in [0.2, 0.25) is 0 Å². The van der Waals surface area contributed by atoms with E-state index in [0.717, 1.165) is 33.4 Å². The molecule has 0 heterocycles. The number of benzene rings is 6. The van der Waals surface area contributed by atoms with Crippen molar-refractivity contribution in [1.29, 1.82) is 0 Å². The van der Waals surface area contributed by atoms with Gasteiger partial charge < -0.3 is 0 Å². The van der Waals surface area contributed by atoms with Crippen molar-refractivity contribution in [2.24, 2.45) is 0 Å². The predicted octanol–water partition coefficient (Wildman–Crippen LogP) is 11.4. The third-order valence-corrected chi connectivity index (χ3v) is 7.44. The molecule has 0 bridgehead atoms. The van der Waals surface area contributed by atoms with Gasteiger partial charge in [0.25, 0.3) is 10.1 Å². The van der Waals surface area contributed by atoms with Gasteiger partial charge in [0.15, 0.2) is 17.3 Å². The fourth-order valence-electron chi connectivity index (χ4n) is 4.62. The Balaban J connectivity index is 0.000000426. The van der Waals surface area contributed by atoms with Crippen LogP contribution in [-0.2, 0) is 65.3 Å². The van der Waals surface area contributed by atoms with Gasteiger partial charge in [0, 0.05) is 40.8 Å². The van der Waals surface area contributed by atoms with Crippen LogP contribution in [0.4, 0.5) is 0 Å². The van der Waals surface area contributed by atoms with Gasteiger partial charge in [-0.1, -0.05) is 218 Å². The van der Waals surface area contributed by atoms with Crippen molar-refractivity contribution in [1.82, 2.24) is 0 Å². The topological polar surface area (TPSA) is 106 Å². The third-order valence-electron chi connectivity index (χ3n) is 7.44. The van der Waals surface area contributed by atoms with Crippen LogP contribution in [0.3, 0.4) is 0 Å². The first-order chi connectivity index (χ1) is 28.5. The molecule has 0 unspecified atom stereocenters. The van der Waals surface area contributed by atoms with Crippen LogP contribution in [0.2, 0.25) is 0 Å². The normalized spacial score (nSPS) is 10.8. The summed E-state index contributed by atoms with van der Waals surface area (Å²) < 4.78 is 25.9. The molecule has 0 saturated carbocycles. The quantitative estimate of drug-likeness (QED) is 0.0744. The monoisotopic (exact) mass is 1010 g/mol. The van der Waals surface area contributed by atoms with Crippen molar-refractivity contribution in [3.8, 4) is 0 Å². The number of carbonyl (C=O) groups is 3. The van der Waals surface area contributed by atoms with Gasteiger partial charge in [-0.2, -0.15) is 8.42 Å². The number of hydrogen-bond donors (Lipinski definition) is 1. The summed E-state index contributed by atoms with van der Waals surface area (Å²) in [6.07, 6.45) is 21.1. The van der Waals surface area contributed by atoms with E-state index in [2.05, 4.69) is 0 Å². The van der Waals surface area contributed by atoms with Gasteiger partial charge in [-0.05, 0) is 69.8 Å². The first-order valence-electron chi connectivity index (χ1n) is 18.5. The van der Waals surface area contributed by atoms with Crippen molar-refractivity contribution in [2.45, 2.75) is 0 Å². The summed E-state index contributed by atoms with van der Waals surface area (Å²) in [5.74, 6) is -0.0341. The molecule has 6 rings (SSSR count). The Labute approximate surface area is 387 Å². The maximum Gasteiger partial charge on any atom is 0.261 e. The average molecular weight is 1010 g/mol. The van der Waals surface area contributed by atoms with E-state index in [1.807, 2.05) is 218 Å². The second-order valence-electron chi connectivity index (χ2n) is 12.4. The van der Waals surface area contributed by atoms with Crippen LogP contribution in [0.5, 0.6) is 0 Å². The molecule has 0 aromatic heterocycles. The number of allylic oxidation sites excluding steroid dienone is 6. The fourth-order valence-corrected chi connectivity index (χ4v) is 4.62. The van der Waals surface area contributed by atoms with Gasteiger partial charge in [0.05, 0.1) is 6.26 Å². The van der Waals surface area contributed by atoms with E-state index in [4.69, 9.17) is 4.55 Å². The van der Waals surface area contributed by atoms with Gasteiger partial charge in [0.1, 0.15) is 0 Å². The van der Waals surface area contributed by atoms with Crippen LogP contribution in [0.1, 0.15) is 33.4 Å². The second-order valence-corrected chi connectivity index (χ2v) is 13.9. The number of carbonyl (C=O) groups excluding carboxylic acids is 3. The zero-order valence-corrected chi connectivity index (χ0v) is 37.2. The Morgan fingerprint density at radius 3 is 0.557 bits per heavy atom. The first kappa shape index (κ1) is 53.0. The molecule has 316 valence electrons. The zero-order chi connectivity index (χ0) is 42.4. The largest absolute Gasteiger partial charge is 0.290 e. The Hall–Kier alpha value is -6.00. The molecule has 9 heteroatoms. The average Bonchev–Trinajstić information content (AvgIpc) is 3.27. The van der Waals surface area contributed by atoms with E-state index in [1.165, 1.54) is 0 Å². The van der Waals surface area contributed by atoms with Crippen LogP contribution in [-0.4, -0.2) is 36.6 Å². The molecule has 1 N–H and O–H groups in total. The Bertz CT molecular complexity index is 2010. The second kappa shape index (κ2) is 31.9. The Morgan fingerprint density at radius 2 is 0.443 bits per heavy atom. The number of hydrogen-bond acceptors (Lipinski definition) is 5. The summed E-state index contributed by atoms with van der Waals surface area (Å²) in [6, 6.07) is 58.7. The number of rotatable bonds is 12. The Morgan fingerprint density at radius 1 is 0.328 bits per heavy atom. The molecule has 6 aromatic carbocycles. The van der Waals surface area contributed by atoms with E-state index in [-0.39, 0.29) is 58.2 Å². The van der Waals surface area contributed by atoms with Crippen molar-refractivity contribution >= 4 is 63.9 Å². The summed E-state index contributed by atoms with van der Waals surface area (Å²) in [6.45, 7) is 0. The smallest absolute Gasteiger partial charge is 0.261 e. The summed E-state index contributed by atoms with van der Waals surface area (Å²) in [5.41, 5.74) is 6.16. The minimum atomic E-state index is -3.67. The SMILES string of the molecule is CS(=O)(=O)O.O=C(C=Cc1ccccc1)C=Cc1ccccc1.O=C(C=Cc1ccccc1)C=Cc1ccccc1.O=C(C=Cc1ccccc1)C=Cc1ccccc1.[Pd].[Pd]. The van der Waals surface area contributed by atoms with Crippen molar-refractivity contribution < 1.29 is 68.2 Å². The van der Waals surface area contributed by atoms with E-state index in [1.54, 1.807) is 36.5 Å². The van der Waals surface area contributed by atoms with Gasteiger partial charge in [-0.15, -0.1) is 0 Å². The number of ketones is 3. The molecule has 0 aliphatic rings. The maximum atomic E-state index is 11.6. The van der Waals surface area contributed by atoms with Crippen LogP contribution in [0, 0.1) is 0 Å². The molecule has 0 aliphatic heterocycles. The van der Waals surface area contributed by atoms with Crippen molar-refractivity contribution in [2.75, 3.05) is 6.26 Å². The third kappa shape index (κ3) is 28.2. The fraction of sp³-hybridized carbons (Fsp3) is 0.0192. The maximum absolute atomic E-state index is 11.6. The zero-order valence-electron chi connectivity index (χ0n) is 33.3. The summed E-state index contributed by atoms with van der Waals surface area (Å²) in [5, 5.41) is 0. The molecular weight excluding hydrogens is 965 g/mol. The van der Waals surface area contributed by atoms with Crippen LogP contribution < -0.4 is 0 Å². The summed E-state index contributed by atoms with van der Waals surface area (Å²) in [7, 11) is -3.67. The molecule has 6 nitrogen and oxygen atoms in total. The minimum Gasteiger partial charge on any atom is -0.290 e. The van der Waals surface area contributed by atoms with Crippen LogP contribution >= 0.6 is 0 Å². The first-order valence-corrected chi connectivity index (χ1v) is 20.3. The van der Waals surface area contributed by atoms with E-state index in [0.29, 0.717) is 6.26 Å². The van der Waals surface area contributed by atoms with Crippen LogP contribution in [0.25, 0.3) is 36.5 Å². The molecule has 0 amide bonds.